The highest BCUT2D eigenvalue weighted by Crippen LogP contribution is 2.26. The molecule has 6 nitrogen and oxygen atoms in total. The quantitative estimate of drug-likeness (QED) is 0.676. The minimum absolute atomic E-state index is 0.273. The minimum Gasteiger partial charge on any atom is -0.481 e. The van der Waals surface area contributed by atoms with Gasteiger partial charge in [0.25, 0.3) is 0 Å². The van der Waals surface area contributed by atoms with Gasteiger partial charge >= 0.3 is 5.97 Å². The topological polar surface area (TPSA) is 95.1 Å². The second-order valence-electron chi connectivity index (χ2n) is 4.96. The van der Waals surface area contributed by atoms with E-state index < -0.39 is 23.2 Å². The van der Waals surface area contributed by atoms with E-state index in [0.29, 0.717) is 0 Å². The molecule has 0 radical (unpaired) electrons. The largest absolute Gasteiger partial charge is 0.481 e. The second-order valence-corrected chi connectivity index (χ2v) is 4.96. The summed E-state index contributed by atoms with van der Waals surface area (Å²) in [6.07, 6.45) is 3.22. The zero-order chi connectivity index (χ0) is 13.1. The van der Waals surface area contributed by atoms with Crippen LogP contribution in [0.15, 0.2) is 12.4 Å². The molecule has 1 heterocycles. The zero-order valence-electron chi connectivity index (χ0n) is 10.2. The number of carboxylic acids is 1. The molecule has 1 aromatic heterocycles. The first-order chi connectivity index (χ1) is 7.82. The Kier molecular flexibility index (Phi) is 3.88. The van der Waals surface area contributed by atoms with Gasteiger partial charge < -0.3 is 10.4 Å². The maximum atomic E-state index is 11.8. The maximum Gasteiger partial charge on any atom is 0.316 e. The van der Waals surface area contributed by atoms with Crippen molar-refractivity contribution in [3.63, 3.8) is 0 Å². The van der Waals surface area contributed by atoms with Crippen molar-refractivity contribution in [1.82, 2.24) is 15.5 Å². The predicted molar refractivity (Wildman–Crippen MR) is 61.0 cm³/mol. The summed E-state index contributed by atoms with van der Waals surface area (Å²) < 4.78 is 0. The van der Waals surface area contributed by atoms with Gasteiger partial charge in [-0.05, 0) is 5.41 Å². The number of hydrogen-bond acceptors (Lipinski definition) is 3. The molecule has 6 heteroatoms. The highest BCUT2D eigenvalue weighted by atomic mass is 16.4. The average Bonchev–Trinajstić information content (AvgIpc) is 2.63. The van der Waals surface area contributed by atoms with Crippen LogP contribution in [0.25, 0.3) is 0 Å². The summed E-state index contributed by atoms with van der Waals surface area (Å²) >= 11 is 0. The van der Waals surface area contributed by atoms with Crippen LogP contribution in [-0.4, -0.2) is 27.2 Å². The Hall–Kier alpha value is -1.85. The van der Waals surface area contributed by atoms with Crippen molar-refractivity contribution >= 4 is 11.9 Å². The van der Waals surface area contributed by atoms with Crippen LogP contribution in [0.4, 0.5) is 0 Å². The van der Waals surface area contributed by atoms with Gasteiger partial charge in [0.15, 0.2) is 0 Å². The molecule has 0 fully saturated rings. The molecular weight excluding hydrogens is 222 g/mol. The fourth-order valence-corrected chi connectivity index (χ4v) is 1.54. The van der Waals surface area contributed by atoms with E-state index in [1.807, 2.05) is 0 Å². The molecule has 17 heavy (non-hydrogen) atoms. The van der Waals surface area contributed by atoms with E-state index in [1.54, 1.807) is 33.2 Å². The van der Waals surface area contributed by atoms with E-state index in [9.17, 15) is 9.59 Å². The number of carbonyl (C=O) groups excluding carboxylic acids is 1. The molecule has 3 N–H and O–H groups in total. The lowest BCUT2D eigenvalue weighted by Gasteiger charge is -2.25. The fourth-order valence-electron chi connectivity index (χ4n) is 1.54. The van der Waals surface area contributed by atoms with Crippen LogP contribution in [0, 0.1) is 11.3 Å². The molecule has 0 aliphatic heterocycles. The Morgan fingerprint density at radius 2 is 2.18 bits per heavy atom. The first kappa shape index (κ1) is 13.2. The molecule has 1 rings (SSSR count). The molecule has 1 aromatic rings. The lowest BCUT2D eigenvalue weighted by molar-refractivity contribution is -0.151. The number of carboxylic acid groups (broad SMARTS) is 1. The van der Waals surface area contributed by atoms with Crippen LogP contribution < -0.4 is 5.32 Å². The average molecular weight is 239 g/mol. The van der Waals surface area contributed by atoms with Gasteiger partial charge in [-0.15, -0.1) is 0 Å². The van der Waals surface area contributed by atoms with E-state index in [0.717, 1.165) is 5.56 Å². The Balaban J connectivity index is 2.64. The zero-order valence-corrected chi connectivity index (χ0v) is 10.2. The Labute approximate surface area is 99.4 Å². The predicted octanol–water partition coefficient (Wildman–Crippen LogP) is 0.773. The van der Waals surface area contributed by atoms with E-state index >= 15 is 0 Å². The van der Waals surface area contributed by atoms with Crippen molar-refractivity contribution in [3.05, 3.63) is 18.0 Å². The summed E-state index contributed by atoms with van der Waals surface area (Å²) in [4.78, 5) is 22.9. The van der Waals surface area contributed by atoms with E-state index in [2.05, 4.69) is 15.5 Å². The van der Waals surface area contributed by atoms with Crippen molar-refractivity contribution < 1.29 is 14.7 Å². The molecule has 0 aromatic carbocycles. The Morgan fingerprint density at radius 1 is 1.53 bits per heavy atom. The number of H-pyrrole nitrogens is 1. The molecule has 0 aliphatic rings. The van der Waals surface area contributed by atoms with Crippen LogP contribution in [-0.2, 0) is 16.1 Å². The number of carbonyl (C=O) groups is 2. The lowest BCUT2D eigenvalue weighted by Crippen LogP contribution is -2.42. The van der Waals surface area contributed by atoms with Crippen molar-refractivity contribution in [3.8, 4) is 0 Å². The number of hydrogen-bond donors (Lipinski definition) is 3. The number of aromatic nitrogens is 2. The molecule has 1 atom stereocenters. The normalized spacial score (nSPS) is 13.1. The van der Waals surface area contributed by atoms with Gasteiger partial charge in [0.2, 0.25) is 5.91 Å². The summed E-state index contributed by atoms with van der Waals surface area (Å²) in [5.41, 5.74) is 0.183. The standard InChI is InChI=1S/C11H17N3O3/c1-11(2,3)8(10(16)17)9(15)12-4-7-5-13-14-6-7/h5-6,8H,4H2,1-3H3,(H,12,15)(H,13,14)(H,16,17). The number of aromatic amines is 1. The lowest BCUT2D eigenvalue weighted by atomic mass is 9.80. The third kappa shape index (κ3) is 3.58. The maximum absolute atomic E-state index is 11.8. The minimum atomic E-state index is -1.11. The molecule has 0 saturated carbocycles. The number of nitrogens with zero attached hydrogens (tertiary/aromatic N) is 1. The van der Waals surface area contributed by atoms with Crippen LogP contribution in [0.1, 0.15) is 26.3 Å². The number of rotatable bonds is 4. The summed E-state index contributed by atoms with van der Waals surface area (Å²) in [5.74, 6) is -2.65. The van der Waals surface area contributed by atoms with Gasteiger partial charge in [-0.2, -0.15) is 5.10 Å². The molecule has 1 unspecified atom stereocenters. The van der Waals surface area contributed by atoms with Crippen LogP contribution >= 0.6 is 0 Å². The molecule has 94 valence electrons. The van der Waals surface area contributed by atoms with Gasteiger partial charge in [-0.3, -0.25) is 14.7 Å². The summed E-state index contributed by atoms with van der Waals surface area (Å²) in [6, 6.07) is 0. The van der Waals surface area contributed by atoms with Crippen LogP contribution in [0.5, 0.6) is 0 Å². The molecule has 1 amide bonds. The van der Waals surface area contributed by atoms with Gasteiger partial charge in [-0.1, -0.05) is 20.8 Å². The third-order valence-corrected chi connectivity index (χ3v) is 2.40. The van der Waals surface area contributed by atoms with Crippen molar-refractivity contribution in [1.29, 1.82) is 0 Å². The molecule has 0 aliphatic carbocycles. The van der Waals surface area contributed by atoms with E-state index in [1.165, 1.54) is 0 Å². The molecule has 0 saturated heterocycles. The monoisotopic (exact) mass is 239 g/mol. The fraction of sp³-hybridized carbons (Fsp3) is 0.545. The SMILES string of the molecule is CC(C)(C)C(C(=O)O)C(=O)NCc1cn[nH]c1. The van der Waals surface area contributed by atoms with Gasteiger partial charge in [0.05, 0.1) is 6.20 Å². The Morgan fingerprint density at radius 3 is 2.59 bits per heavy atom. The van der Waals surface area contributed by atoms with E-state index in [4.69, 9.17) is 5.11 Å². The van der Waals surface area contributed by atoms with Crippen LogP contribution in [0.3, 0.4) is 0 Å². The van der Waals surface area contributed by atoms with Gasteiger partial charge in [0, 0.05) is 18.3 Å². The Bertz CT molecular complexity index is 393. The van der Waals surface area contributed by atoms with Gasteiger partial charge in [0.1, 0.15) is 5.92 Å². The first-order valence-electron chi connectivity index (χ1n) is 5.30. The summed E-state index contributed by atoms with van der Waals surface area (Å²) in [5, 5.41) is 18.0. The van der Waals surface area contributed by atoms with Crippen molar-refractivity contribution in [2.75, 3.05) is 0 Å². The molecule has 0 bridgehead atoms. The van der Waals surface area contributed by atoms with Crippen molar-refractivity contribution in [2.45, 2.75) is 27.3 Å². The summed E-state index contributed by atoms with van der Waals surface area (Å²) in [7, 11) is 0. The number of nitrogens with one attached hydrogen (secondary N) is 2. The van der Waals surface area contributed by atoms with Crippen LogP contribution in [0.2, 0.25) is 0 Å². The van der Waals surface area contributed by atoms with Crippen molar-refractivity contribution in [2.24, 2.45) is 11.3 Å². The third-order valence-electron chi connectivity index (χ3n) is 2.40. The molecule has 0 spiro atoms. The smallest absolute Gasteiger partial charge is 0.316 e. The highest BCUT2D eigenvalue weighted by Gasteiger charge is 2.37. The van der Waals surface area contributed by atoms with E-state index in [-0.39, 0.29) is 6.54 Å². The van der Waals surface area contributed by atoms with Gasteiger partial charge in [-0.25, -0.2) is 0 Å². The number of aliphatic carboxylic acids is 1. The summed E-state index contributed by atoms with van der Waals surface area (Å²) in [6.45, 7) is 5.45. The molecular formula is C11H17N3O3. The first-order valence-corrected chi connectivity index (χ1v) is 5.30. The number of amides is 1. The second kappa shape index (κ2) is 4.99. The highest BCUT2D eigenvalue weighted by molar-refractivity contribution is 5.97.